The lowest BCUT2D eigenvalue weighted by Crippen LogP contribution is -2.56. The van der Waals surface area contributed by atoms with Crippen molar-refractivity contribution in [3.8, 4) is 0 Å². The molecule has 0 fully saturated rings. The van der Waals surface area contributed by atoms with Gasteiger partial charge in [-0.05, 0) is 76.4 Å². The summed E-state index contributed by atoms with van der Waals surface area (Å²) in [7, 11) is -4.15. The predicted octanol–water partition coefficient (Wildman–Crippen LogP) is 6.36. The molecule has 0 aliphatic rings. The molecule has 0 saturated heterocycles. The van der Waals surface area contributed by atoms with Gasteiger partial charge in [0, 0.05) is 18.5 Å². The van der Waals surface area contributed by atoms with E-state index in [1.165, 1.54) is 9.21 Å². The summed E-state index contributed by atoms with van der Waals surface area (Å²) in [6.45, 7) is 11.0. The third-order valence-electron chi connectivity index (χ3n) is 7.51. The number of carbonyl (C=O) groups excluding carboxylic acids is 2. The fourth-order valence-electron chi connectivity index (χ4n) is 5.09. The van der Waals surface area contributed by atoms with E-state index in [1.807, 2.05) is 108 Å². The van der Waals surface area contributed by atoms with E-state index >= 15 is 0 Å². The van der Waals surface area contributed by atoms with Crippen LogP contribution in [0.5, 0.6) is 0 Å². The van der Waals surface area contributed by atoms with Gasteiger partial charge in [-0.15, -0.1) is 0 Å². The van der Waals surface area contributed by atoms with Crippen LogP contribution in [0.2, 0.25) is 0 Å². The Kier molecular flexibility index (Phi) is 10.5. The highest BCUT2D eigenvalue weighted by Crippen LogP contribution is 2.28. The van der Waals surface area contributed by atoms with E-state index < -0.39 is 34.1 Å². The van der Waals surface area contributed by atoms with E-state index in [1.54, 1.807) is 36.4 Å². The summed E-state index contributed by atoms with van der Waals surface area (Å²) in [4.78, 5) is 30.2. The third-order valence-corrected chi connectivity index (χ3v) is 9.29. The molecule has 0 bridgehead atoms. The molecule has 8 heteroatoms. The highest BCUT2D eigenvalue weighted by Gasteiger charge is 2.36. The number of benzene rings is 4. The van der Waals surface area contributed by atoms with Gasteiger partial charge in [-0.2, -0.15) is 0 Å². The van der Waals surface area contributed by atoms with E-state index in [9.17, 15) is 18.0 Å². The smallest absolute Gasteiger partial charge is 0.264 e. The first-order valence-electron chi connectivity index (χ1n) is 15.1. The molecule has 236 valence electrons. The Balaban J connectivity index is 1.82. The van der Waals surface area contributed by atoms with Crippen molar-refractivity contribution in [3.63, 3.8) is 0 Å². The van der Waals surface area contributed by atoms with Crippen molar-refractivity contribution in [3.05, 3.63) is 131 Å². The number of para-hydroxylation sites is 1. The van der Waals surface area contributed by atoms with E-state index in [0.717, 1.165) is 22.3 Å². The number of nitrogens with zero attached hydrogens (tertiary/aromatic N) is 2. The van der Waals surface area contributed by atoms with Crippen molar-refractivity contribution in [2.75, 3.05) is 10.8 Å². The molecule has 0 aliphatic heterocycles. The average molecular weight is 626 g/mol. The van der Waals surface area contributed by atoms with Crippen LogP contribution in [-0.2, 0) is 32.6 Å². The number of anilines is 1. The summed E-state index contributed by atoms with van der Waals surface area (Å²) in [5, 5.41) is 3.06. The maximum Gasteiger partial charge on any atom is 0.264 e. The Morgan fingerprint density at radius 3 is 1.87 bits per heavy atom. The van der Waals surface area contributed by atoms with Crippen LogP contribution in [0, 0.1) is 20.8 Å². The quantitative estimate of drug-likeness (QED) is 0.210. The van der Waals surface area contributed by atoms with Gasteiger partial charge in [0.25, 0.3) is 10.0 Å². The highest BCUT2D eigenvalue weighted by molar-refractivity contribution is 7.92. The topological polar surface area (TPSA) is 86.8 Å². The van der Waals surface area contributed by atoms with Gasteiger partial charge in [0.1, 0.15) is 12.6 Å². The molecule has 4 aromatic carbocycles. The number of aryl methyl sites for hydroxylation is 3. The number of hydrogen-bond donors (Lipinski definition) is 1. The Morgan fingerprint density at radius 2 is 1.29 bits per heavy atom. The number of rotatable bonds is 11. The molecule has 45 heavy (non-hydrogen) atoms. The van der Waals surface area contributed by atoms with Gasteiger partial charge in [-0.1, -0.05) is 96.1 Å². The monoisotopic (exact) mass is 625 g/mol. The standard InChI is InChI=1S/C37H43N3O4S/c1-27-16-20-31(21-17-27)25-39(34(36(42)38-37(4,5)6)24-30-13-8-7-9-14-30)35(41)26-40(33-15-11-10-12-29(33)3)45(43,44)32-22-18-28(2)19-23-32/h7-23,34H,24-26H2,1-6H3,(H,38,42)/t34-/m0/s1. The maximum absolute atomic E-state index is 14.6. The molecule has 4 aromatic rings. The maximum atomic E-state index is 14.6. The number of carbonyl (C=O) groups is 2. The summed E-state index contributed by atoms with van der Waals surface area (Å²) < 4.78 is 29.6. The lowest BCUT2D eigenvalue weighted by Gasteiger charge is -2.35. The summed E-state index contributed by atoms with van der Waals surface area (Å²) in [5.74, 6) is -0.796. The summed E-state index contributed by atoms with van der Waals surface area (Å²) in [6, 6.07) is 30.1. The average Bonchev–Trinajstić information content (AvgIpc) is 2.99. The van der Waals surface area contributed by atoms with Gasteiger partial charge >= 0.3 is 0 Å². The number of nitrogens with one attached hydrogen (secondary N) is 1. The van der Waals surface area contributed by atoms with E-state index in [0.29, 0.717) is 11.3 Å². The summed E-state index contributed by atoms with van der Waals surface area (Å²) in [6.07, 6.45) is 0.259. The molecule has 1 atom stereocenters. The second-order valence-corrected chi connectivity index (χ2v) is 14.4. The molecule has 2 amide bonds. The molecular formula is C37H43N3O4S. The van der Waals surface area contributed by atoms with Crippen molar-refractivity contribution >= 4 is 27.5 Å². The van der Waals surface area contributed by atoms with E-state index in [-0.39, 0.29) is 23.8 Å². The van der Waals surface area contributed by atoms with Crippen LogP contribution in [0.4, 0.5) is 5.69 Å². The molecule has 0 heterocycles. The van der Waals surface area contributed by atoms with E-state index in [4.69, 9.17) is 0 Å². The minimum Gasteiger partial charge on any atom is -0.350 e. The van der Waals surface area contributed by atoms with Gasteiger partial charge in [-0.25, -0.2) is 8.42 Å². The van der Waals surface area contributed by atoms with Crippen LogP contribution in [0.1, 0.15) is 48.6 Å². The first kappa shape index (κ1) is 33.5. The van der Waals surface area contributed by atoms with Gasteiger partial charge in [0.2, 0.25) is 11.8 Å². The SMILES string of the molecule is Cc1ccc(CN(C(=O)CN(c2ccccc2C)S(=O)(=O)c2ccc(C)cc2)[C@@H](Cc2ccccc2)C(=O)NC(C)(C)C)cc1. The highest BCUT2D eigenvalue weighted by atomic mass is 32.2. The van der Waals surface area contributed by atoms with Gasteiger partial charge in [0.05, 0.1) is 10.6 Å². The minimum absolute atomic E-state index is 0.0838. The van der Waals surface area contributed by atoms with Crippen LogP contribution in [0.3, 0.4) is 0 Å². The summed E-state index contributed by atoms with van der Waals surface area (Å²) in [5.41, 5.74) is 4.27. The van der Waals surface area contributed by atoms with Crippen LogP contribution in [0.15, 0.2) is 108 Å². The molecule has 0 saturated carbocycles. The van der Waals surface area contributed by atoms with Crippen molar-refractivity contribution < 1.29 is 18.0 Å². The molecule has 0 spiro atoms. The molecule has 4 rings (SSSR count). The lowest BCUT2D eigenvalue weighted by atomic mass is 10.0. The molecule has 0 radical (unpaired) electrons. The van der Waals surface area contributed by atoms with Crippen LogP contribution >= 0.6 is 0 Å². The third kappa shape index (κ3) is 8.82. The van der Waals surface area contributed by atoms with Crippen molar-refractivity contribution in [1.82, 2.24) is 10.2 Å². The van der Waals surface area contributed by atoms with Crippen LogP contribution < -0.4 is 9.62 Å². The van der Waals surface area contributed by atoms with Crippen LogP contribution in [0.25, 0.3) is 0 Å². The Labute approximate surface area is 268 Å². The fraction of sp³-hybridized carbons (Fsp3) is 0.297. The Hall–Kier alpha value is -4.43. The number of hydrogen-bond acceptors (Lipinski definition) is 4. The molecule has 0 unspecified atom stereocenters. The fourth-order valence-corrected chi connectivity index (χ4v) is 6.57. The molecule has 1 N–H and O–H groups in total. The van der Waals surface area contributed by atoms with Crippen LogP contribution in [-0.4, -0.2) is 43.3 Å². The Morgan fingerprint density at radius 1 is 0.733 bits per heavy atom. The number of amides is 2. The first-order valence-corrected chi connectivity index (χ1v) is 16.5. The normalized spacial score (nSPS) is 12.3. The zero-order chi connectivity index (χ0) is 32.8. The predicted molar refractivity (Wildman–Crippen MR) is 180 cm³/mol. The van der Waals surface area contributed by atoms with E-state index in [2.05, 4.69) is 5.32 Å². The summed E-state index contributed by atoms with van der Waals surface area (Å²) >= 11 is 0. The Bertz CT molecular complexity index is 1710. The van der Waals surface area contributed by atoms with Gasteiger partial charge in [-0.3, -0.25) is 13.9 Å². The number of sulfonamides is 1. The minimum atomic E-state index is -4.15. The second kappa shape index (κ2) is 14.1. The molecular weight excluding hydrogens is 582 g/mol. The zero-order valence-corrected chi connectivity index (χ0v) is 27.8. The first-order chi connectivity index (χ1) is 21.2. The lowest BCUT2D eigenvalue weighted by molar-refractivity contribution is -0.140. The molecule has 0 aliphatic carbocycles. The molecule has 7 nitrogen and oxygen atoms in total. The van der Waals surface area contributed by atoms with Crippen molar-refractivity contribution in [2.24, 2.45) is 0 Å². The van der Waals surface area contributed by atoms with Gasteiger partial charge in [0.15, 0.2) is 0 Å². The van der Waals surface area contributed by atoms with Crippen molar-refractivity contribution in [1.29, 1.82) is 0 Å². The molecule has 0 aromatic heterocycles. The van der Waals surface area contributed by atoms with Gasteiger partial charge < -0.3 is 10.2 Å². The zero-order valence-electron chi connectivity index (χ0n) is 26.9. The van der Waals surface area contributed by atoms with Crippen molar-refractivity contribution in [2.45, 2.75) is 71.0 Å². The second-order valence-electron chi connectivity index (χ2n) is 12.6. The largest absolute Gasteiger partial charge is 0.350 e.